The number of nitrogens with zero attached hydrogens (tertiary/aromatic N) is 1. The average molecular weight is 343 g/mol. The van der Waals surface area contributed by atoms with Gasteiger partial charge in [-0.2, -0.15) is 11.8 Å². The third-order valence-electron chi connectivity index (χ3n) is 3.74. The van der Waals surface area contributed by atoms with Crippen LogP contribution in [0.15, 0.2) is 5.38 Å². The van der Waals surface area contributed by atoms with Gasteiger partial charge in [0.05, 0.1) is 16.8 Å². The Kier molecular flexibility index (Phi) is 7.69. The predicted molar refractivity (Wildman–Crippen MR) is 93.4 cm³/mol. The van der Waals surface area contributed by atoms with E-state index in [0.29, 0.717) is 12.5 Å². The summed E-state index contributed by atoms with van der Waals surface area (Å²) in [6.07, 6.45) is 5.41. The summed E-state index contributed by atoms with van der Waals surface area (Å²) in [5.74, 6) is 1.90. The average Bonchev–Trinajstić information content (AvgIpc) is 3.13. The van der Waals surface area contributed by atoms with Crippen LogP contribution in [0.1, 0.15) is 49.7 Å². The third-order valence-corrected chi connectivity index (χ3v) is 5.56. The number of hydrogen-bond donors (Lipinski definition) is 1. The van der Waals surface area contributed by atoms with E-state index in [1.165, 1.54) is 12.8 Å². The number of thiazole rings is 1. The van der Waals surface area contributed by atoms with Crippen molar-refractivity contribution in [2.24, 2.45) is 0 Å². The zero-order valence-corrected chi connectivity index (χ0v) is 15.1. The summed E-state index contributed by atoms with van der Waals surface area (Å²) in [5, 5.41) is 6.28. The molecule has 1 aliphatic heterocycles. The van der Waals surface area contributed by atoms with Crippen LogP contribution in [0.25, 0.3) is 0 Å². The quantitative estimate of drug-likeness (QED) is 0.698. The van der Waals surface area contributed by atoms with E-state index < -0.39 is 0 Å². The van der Waals surface area contributed by atoms with E-state index >= 15 is 0 Å². The Balaban J connectivity index is 1.51. The second-order valence-electron chi connectivity index (χ2n) is 5.84. The summed E-state index contributed by atoms with van der Waals surface area (Å²) < 4.78 is 5.61. The molecule has 2 rings (SSSR count). The number of rotatable bonds is 9. The molecule has 1 saturated heterocycles. The lowest BCUT2D eigenvalue weighted by Gasteiger charge is -2.16. The van der Waals surface area contributed by atoms with Crippen molar-refractivity contribution in [1.29, 1.82) is 0 Å². The summed E-state index contributed by atoms with van der Waals surface area (Å²) in [5.41, 5.74) is 1.12. The lowest BCUT2D eigenvalue weighted by atomic mass is 10.1. The lowest BCUT2D eigenvalue weighted by Crippen LogP contribution is -2.33. The van der Waals surface area contributed by atoms with Gasteiger partial charge in [0.1, 0.15) is 0 Å². The van der Waals surface area contributed by atoms with Crippen molar-refractivity contribution in [2.75, 3.05) is 12.4 Å². The normalized spacial score (nSPS) is 19.3. The van der Waals surface area contributed by atoms with Gasteiger partial charge in [-0.25, -0.2) is 4.98 Å². The topological polar surface area (TPSA) is 51.2 Å². The number of amides is 1. The Hall–Kier alpha value is -0.590. The fourth-order valence-corrected chi connectivity index (χ4v) is 4.09. The second kappa shape index (κ2) is 9.53. The zero-order valence-electron chi connectivity index (χ0n) is 13.5. The molecule has 4 nitrogen and oxygen atoms in total. The van der Waals surface area contributed by atoms with Crippen LogP contribution in [0.2, 0.25) is 0 Å². The van der Waals surface area contributed by atoms with E-state index in [0.717, 1.165) is 41.7 Å². The highest BCUT2D eigenvalue weighted by molar-refractivity contribution is 7.98. The molecule has 0 unspecified atom stereocenters. The maximum atomic E-state index is 11.9. The minimum absolute atomic E-state index is 0.154. The van der Waals surface area contributed by atoms with E-state index in [2.05, 4.69) is 22.6 Å². The Morgan fingerprint density at radius 3 is 3.18 bits per heavy atom. The summed E-state index contributed by atoms with van der Waals surface area (Å²) in [7, 11) is 0. The molecule has 0 saturated carbocycles. The number of hydrogen-bond acceptors (Lipinski definition) is 5. The van der Waals surface area contributed by atoms with Crippen molar-refractivity contribution >= 4 is 29.0 Å². The SMILES string of the molecule is Cc1nc(CSCCC(=O)N[C@H](C)CC[C@H]2CCCO2)cs1. The first-order chi connectivity index (χ1) is 10.6. The van der Waals surface area contributed by atoms with Gasteiger partial charge in [-0.3, -0.25) is 4.79 Å². The number of carbonyl (C=O) groups is 1. The summed E-state index contributed by atoms with van der Waals surface area (Å²) in [6, 6.07) is 0.239. The third kappa shape index (κ3) is 6.67. The fraction of sp³-hybridized carbons (Fsp3) is 0.750. The molecular weight excluding hydrogens is 316 g/mol. The van der Waals surface area contributed by atoms with E-state index in [9.17, 15) is 4.79 Å². The summed E-state index contributed by atoms with van der Waals surface area (Å²) in [4.78, 5) is 16.3. The van der Waals surface area contributed by atoms with E-state index in [1.807, 2.05) is 6.92 Å². The van der Waals surface area contributed by atoms with Crippen LogP contribution in [-0.4, -0.2) is 35.4 Å². The van der Waals surface area contributed by atoms with Gasteiger partial charge in [-0.05, 0) is 39.5 Å². The zero-order chi connectivity index (χ0) is 15.8. The first-order valence-corrected chi connectivity index (χ1v) is 10.1. The molecule has 0 spiro atoms. The molecule has 1 amide bonds. The lowest BCUT2D eigenvalue weighted by molar-refractivity contribution is -0.121. The molecule has 2 heterocycles. The van der Waals surface area contributed by atoms with Crippen molar-refractivity contribution in [3.8, 4) is 0 Å². The maximum absolute atomic E-state index is 11.9. The summed E-state index contributed by atoms with van der Waals surface area (Å²) in [6.45, 7) is 5.00. The molecule has 2 atom stereocenters. The van der Waals surface area contributed by atoms with Crippen LogP contribution in [0.5, 0.6) is 0 Å². The second-order valence-corrected chi connectivity index (χ2v) is 8.01. The van der Waals surface area contributed by atoms with Gasteiger partial charge >= 0.3 is 0 Å². The molecule has 0 aromatic carbocycles. The minimum atomic E-state index is 0.154. The standard InChI is InChI=1S/C16H26N2O2S2/c1-12(5-6-15-4-3-8-20-15)17-16(19)7-9-21-10-14-11-22-13(2)18-14/h11-12,15H,3-10H2,1-2H3,(H,17,19)/t12-,15-/m1/s1. The van der Waals surface area contributed by atoms with Crippen LogP contribution < -0.4 is 5.32 Å². The Morgan fingerprint density at radius 2 is 2.50 bits per heavy atom. The van der Waals surface area contributed by atoms with E-state index in [4.69, 9.17) is 4.74 Å². The first-order valence-electron chi connectivity index (χ1n) is 8.03. The first kappa shape index (κ1) is 17.8. The largest absolute Gasteiger partial charge is 0.378 e. The number of carbonyl (C=O) groups excluding carboxylic acids is 1. The highest BCUT2D eigenvalue weighted by Gasteiger charge is 2.17. The molecule has 0 radical (unpaired) electrons. The monoisotopic (exact) mass is 342 g/mol. The van der Waals surface area contributed by atoms with Crippen LogP contribution in [0.4, 0.5) is 0 Å². The molecule has 0 aliphatic carbocycles. The van der Waals surface area contributed by atoms with Gasteiger partial charge in [0, 0.05) is 36.0 Å². The van der Waals surface area contributed by atoms with Gasteiger partial charge in [-0.1, -0.05) is 0 Å². The molecule has 0 bridgehead atoms. The van der Waals surface area contributed by atoms with Gasteiger partial charge in [0.15, 0.2) is 0 Å². The molecule has 1 aromatic rings. The number of aryl methyl sites for hydroxylation is 1. The molecular formula is C16H26N2O2S2. The fourth-order valence-electron chi connectivity index (χ4n) is 2.54. The minimum Gasteiger partial charge on any atom is -0.378 e. The van der Waals surface area contributed by atoms with Crippen molar-refractivity contribution in [3.63, 3.8) is 0 Å². The molecule has 124 valence electrons. The van der Waals surface area contributed by atoms with Crippen molar-refractivity contribution in [2.45, 2.75) is 63.9 Å². The van der Waals surface area contributed by atoms with Gasteiger partial charge in [-0.15, -0.1) is 11.3 Å². The van der Waals surface area contributed by atoms with Crippen molar-refractivity contribution in [1.82, 2.24) is 10.3 Å². The van der Waals surface area contributed by atoms with Gasteiger partial charge in [0.2, 0.25) is 5.91 Å². The van der Waals surface area contributed by atoms with Crippen molar-refractivity contribution in [3.05, 3.63) is 16.1 Å². The molecule has 1 aromatic heterocycles. The van der Waals surface area contributed by atoms with Gasteiger partial charge in [0.25, 0.3) is 0 Å². The number of nitrogens with one attached hydrogen (secondary N) is 1. The number of thioether (sulfide) groups is 1. The van der Waals surface area contributed by atoms with Crippen molar-refractivity contribution < 1.29 is 9.53 Å². The molecule has 1 fully saturated rings. The van der Waals surface area contributed by atoms with Crippen LogP contribution in [0.3, 0.4) is 0 Å². The van der Waals surface area contributed by atoms with Crippen LogP contribution in [-0.2, 0) is 15.3 Å². The van der Waals surface area contributed by atoms with Crippen LogP contribution >= 0.6 is 23.1 Å². The Morgan fingerprint density at radius 1 is 1.64 bits per heavy atom. The summed E-state index contributed by atoms with van der Waals surface area (Å²) >= 11 is 3.45. The predicted octanol–water partition coefficient (Wildman–Crippen LogP) is 3.54. The highest BCUT2D eigenvalue weighted by atomic mass is 32.2. The van der Waals surface area contributed by atoms with Gasteiger partial charge < -0.3 is 10.1 Å². The maximum Gasteiger partial charge on any atom is 0.221 e. The molecule has 1 aliphatic rings. The highest BCUT2D eigenvalue weighted by Crippen LogP contribution is 2.18. The molecule has 1 N–H and O–H groups in total. The van der Waals surface area contributed by atoms with E-state index in [1.54, 1.807) is 23.1 Å². The molecule has 6 heteroatoms. The molecule has 22 heavy (non-hydrogen) atoms. The number of aromatic nitrogens is 1. The van der Waals surface area contributed by atoms with Crippen LogP contribution in [0, 0.1) is 6.92 Å². The Bertz CT molecular complexity index is 459. The van der Waals surface area contributed by atoms with E-state index in [-0.39, 0.29) is 11.9 Å². The smallest absolute Gasteiger partial charge is 0.221 e. The number of ether oxygens (including phenoxy) is 1. The Labute approximate surface area is 141 Å².